The fourth-order valence-electron chi connectivity index (χ4n) is 4.01. The number of benzene rings is 2. The van der Waals surface area contributed by atoms with Crippen molar-refractivity contribution in [2.75, 3.05) is 34.6 Å². The normalized spacial score (nSPS) is 21.5. The molecule has 1 amide bonds. The zero-order chi connectivity index (χ0) is 22.0. The number of carbonyl (C=O) groups excluding carboxylic acids is 1. The zero-order valence-electron chi connectivity index (χ0n) is 17.4. The van der Waals surface area contributed by atoms with Gasteiger partial charge in [-0.25, -0.2) is 8.42 Å². The first-order valence-corrected chi connectivity index (χ1v) is 12.9. The number of methoxy groups -OCH3 is 1. The van der Waals surface area contributed by atoms with E-state index in [1.54, 1.807) is 7.11 Å². The summed E-state index contributed by atoms with van der Waals surface area (Å²) >= 11 is 1.32. The van der Waals surface area contributed by atoms with E-state index in [1.807, 2.05) is 60.4 Å². The number of sulfone groups is 1. The molecule has 0 bridgehead atoms. The molecule has 1 saturated heterocycles. The van der Waals surface area contributed by atoms with Crippen molar-refractivity contribution < 1.29 is 17.9 Å². The van der Waals surface area contributed by atoms with Crippen LogP contribution in [0.25, 0.3) is 0 Å². The minimum atomic E-state index is -3.15. The van der Waals surface area contributed by atoms with Crippen LogP contribution in [0.4, 0.5) is 11.4 Å². The molecule has 0 saturated carbocycles. The standard InChI is InChI=1S/C22H25N3O4S2/c1-3-15-8-4-5-9-16(15)23-21(26)12-30-22-24-17-13-31(27,28)14-19(17)25(22)18-10-6-7-11-20(18)29-2/h4-11,17,19H,3,12-14H2,1-2H3,(H,23,26)/t17-,19+/m0/s1. The van der Waals surface area contributed by atoms with Crippen LogP contribution in [-0.4, -0.2) is 55.9 Å². The van der Waals surface area contributed by atoms with Crippen molar-refractivity contribution in [2.24, 2.45) is 4.99 Å². The van der Waals surface area contributed by atoms with Crippen LogP contribution in [0.5, 0.6) is 5.75 Å². The summed E-state index contributed by atoms with van der Waals surface area (Å²) in [6, 6.07) is 14.6. The van der Waals surface area contributed by atoms with Gasteiger partial charge in [0.1, 0.15) is 5.75 Å². The van der Waals surface area contributed by atoms with Crippen LogP contribution < -0.4 is 15.0 Å². The maximum Gasteiger partial charge on any atom is 0.234 e. The fourth-order valence-corrected chi connectivity index (χ4v) is 6.77. The van der Waals surface area contributed by atoms with E-state index in [4.69, 9.17) is 4.74 Å². The maximum atomic E-state index is 12.6. The van der Waals surface area contributed by atoms with E-state index in [9.17, 15) is 13.2 Å². The van der Waals surface area contributed by atoms with Gasteiger partial charge in [0.2, 0.25) is 5.91 Å². The molecule has 2 aliphatic heterocycles. The van der Waals surface area contributed by atoms with Crippen molar-refractivity contribution in [3.8, 4) is 5.75 Å². The molecule has 2 aromatic carbocycles. The van der Waals surface area contributed by atoms with E-state index in [-0.39, 0.29) is 35.2 Å². The minimum absolute atomic E-state index is 0.0312. The number of amides is 1. The number of ether oxygens (including phenoxy) is 1. The molecular weight excluding hydrogens is 434 g/mol. The molecule has 1 fully saturated rings. The lowest BCUT2D eigenvalue weighted by Crippen LogP contribution is -2.39. The molecule has 9 heteroatoms. The first-order chi connectivity index (χ1) is 14.9. The van der Waals surface area contributed by atoms with Crippen LogP contribution in [0.15, 0.2) is 53.5 Å². The van der Waals surface area contributed by atoms with Crippen LogP contribution in [-0.2, 0) is 21.1 Å². The van der Waals surface area contributed by atoms with Gasteiger partial charge in [0, 0.05) is 5.69 Å². The van der Waals surface area contributed by atoms with E-state index in [0.717, 1.165) is 23.4 Å². The molecule has 164 valence electrons. The quantitative estimate of drug-likeness (QED) is 0.715. The maximum absolute atomic E-state index is 12.6. The number of carbonyl (C=O) groups is 1. The molecule has 0 radical (unpaired) electrons. The number of aryl methyl sites for hydroxylation is 1. The molecule has 0 aliphatic carbocycles. The van der Waals surface area contributed by atoms with Crippen molar-refractivity contribution in [3.05, 3.63) is 54.1 Å². The molecule has 2 aromatic rings. The van der Waals surface area contributed by atoms with Crippen molar-refractivity contribution in [1.82, 2.24) is 0 Å². The second-order valence-corrected chi connectivity index (χ2v) is 10.6. The molecule has 0 unspecified atom stereocenters. The lowest BCUT2D eigenvalue weighted by Gasteiger charge is -2.27. The average Bonchev–Trinajstić information content (AvgIpc) is 3.23. The van der Waals surface area contributed by atoms with Crippen LogP contribution in [0.1, 0.15) is 12.5 Å². The Balaban J connectivity index is 1.54. The van der Waals surface area contributed by atoms with Gasteiger partial charge >= 0.3 is 0 Å². The summed E-state index contributed by atoms with van der Waals surface area (Å²) in [7, 11) is -1.56. The number of nitrogens with zero attached hydrogens (tertiary/aromatic N) is 2. The molecule has 4 rings (SSSR count). The van der Waals surface area contributed by atoms with E-state index in [2.05, 4.69) is 10.3 Å². The summed E-state index contributed by atoms with van der Waals surface area (Å²) in [5.41, 5.74) is 2.65. The number of thioether (sulfide) groups is 1. The molecular formula is C22H25N3O4S2. The summed E-state index contributed by atoms with van der Waals surface area (Å²) in [5, 5.41) is 3.62. The number of nitrogens with one attached hydrogen (secondary N) is 1. The lowest BCUT2D eigenvalue weighted by atomic mass is 10.1. The number of aliphatic imine (C=N–C) groups is 1. The Morgan fingerprint density at radius 2 is 1.94 bits per heavy atom. The van der Waals surface area contributed by atoms with Gasteiger partial charge in [-0.3, -0.25) is 9.79 Å². The molecule has 2 atom stereocenters. The number of para-hydroxylation sites is 3. The van der Waals surface area contributed by atoms with Crippen molar-refractivity contribution in [1.29, 1.82) is 0 Å². The molecule has 2 heterocycles. The van der Waals surface area contributed by atoms with Gasteiger partial charge < -0.3 is 15.0 Å². The molecule has 31 heavy (non-hydrogen) atoms. The Labute approximate surface area is 186 Å². The molecule has 7 nitrogen and oxygen atoms in total. The Morgan fingerprint density at radius 1 is 1.19 bits per heavy atom. The van der Waals surface area contributed by atoms with Gasteiger partial charge in [-0.15, -0.1) is 0 Å². The van der Waals surface area contributed by atoms with Gasteiger partial charge in [0.05, 0.1) is 42.1 Å². The zero-order valence-corrected chi connectivity index (χ0v) is 19.1. The van der Waals surface area contributed by atoms with Gasteiger partial charge in [-0.1, -0.05) is 49.0 Å². The highest BCUT2D eigenvalue weighted by Crippen LogP contribution is 2.39. The minimum Gasteiger partial charge on any atom is -0.495 e. The Bertz CT molecular complexity index is 1120. The predicted molar refractivity (Wildman–Crippen MR) is 126 cm³/mol. The summed E-state index contributed by atoms with van der Waals surface area (Å²) in [6.07, 6.45) is 0.829. The number of hydrogen-bond acceptors (Lipinski definition) is 7. The third-order valence-electron chi connectivity index (χ3n) is 5.46. The molecule has 1 N–H and O–H groups in total. The number of rotatable bonds is 6. The van der Waals surface area contributed by atoms with Crippen molar-refractivity contribution in [2.45, 2.75) is 25.4 Å². The number of amidine groups is 1. The first kappa shape index (κ1) is 21.7. The van der Waals surface area contributed by atoms with Gasteiger partial charge in [0.15, 0.2) is 15.0 Å². The van der Waals surface area contributed by atoms with E-state index in [0.29, 0.717) is 10.9 Å². The average molecular weight is 460 g/mol. The molecule has 2 aliphatic rings. The summed E-state index contributed by atoms with van der Waals surface area (Å²) < 4.78 is 29.9. The van der Waals surface area contributed by atoms with Crippen molar-refractivity contribution >= 4 is 44.0 Å². The number of hydrogen-bond donors (Lipinski definition) is 1. The largest absolute Gasteiger partial charge is 0.495 e. The third kappa shape index (κ3) is 4.57. The number of anilines is 2. The van der Waals surface area contributed by atoms with Gasteiger partial charge in [-0.05, 0) is 30.2 Å². The first-order valence-electron chi connectivity index (χ1n) is 10.1. The second kappa shape index (κ2) is 8.92. The SMILES string of the molecule is CCc1ccccc1NC(=O)CSC1=N[C@H]2CS(=O)(=O)C[C@H]2N1c1ccccc1OC. The highest BCUT2D eigenvalue weighted by Gasteiger charge is 2.47. The van der Waals surface area contributed by atoms with Crippen LogP contribution in [0.2, 0.25) is 0 Å². The summed E-state index contributed by atoms with van der Waals surface area (Å²) in [5.74, 6) is 0.762. The number of fused-ring (bicyclic) bond motifs is 1. The van der Waals surface area contributed by atoms with E-state index in [1.165, 1.54) is 11.8 Å². The monoisotopic (exact) mass is 459 g/mol. The second-order valence-electron chi connectivity index (χ2n) is 7.51. The smallest absolute Gasteiger partial charge is 0.234 e. The third-order valence-corrected chi connectivity index (χ3v) is 8.12. The topological polar surface area (TPSA) is 88.1 Å². The Morgan fingerprint density at radius 3 is 2.71 bits per heavy atom. The summed E-state index contributed by atoms with van der Waals surface area (Å²) in [6.45, 7) is 2.05. The van der Waals surface area contributed by atoms with Crippen LogP contribution >= 0.6 is 11.8 Å². The Hall–Kier alpha value is -2.52. The Kier molecular flexibility index (Phi) is 6.24. The van der Waals surface area contributed by atoms with E-state index < -0.39 is 9.84 Å². The fraction of sp³-hybridized carbons (Fsp3) is 0.364. The van der Waals surface area contributed by atoms with Gasteiger partial charge in [0.25, 0.3) is 0 Å². The van der Waals surface area contributed by atoms with Crippen LogP contribution in [0, 0.1) is 0 Å². The molecule has 0 spiro atoms. The molecule has 0 aromatic heterocycles. The predicted octanol–water partition coefficient (Wildman–Crippen LogP) is 2.97. The van der Waals surface area contributed by atoms with Crippen LogP contribution in [0.3, 0.4) is 0 Å². The highest BCUT2D eigenvalue weighted by atomic mass is 32.2. The van der Waals surface area contributed by atoms with Crippen molar-refractivity contribution in [3.63, 3.8) is 0 Å². The summed E-state index contributed by atoms with van der Waals surface area (Å²) in [4.78, 5) is 19.2. The highest BCUT2D eigenvalue weighted by molar-refractivity contribution is 8.14. The van der Waals surface area contributed by atoms with Gasteiger partial charge in [-0.2, -0.15) is 0 Å². The lowest BCUT2D eigenvalue weighted by molar-refractivity contribution is -0.113. The van der Waals surface area contributed by atoms with E-state index >= 15 is 0 Å².